The van der Waals surface area contributed by atoms with E-state index in [0.29, 0.717) is 23.5 Å². The molecule has 1 amide bonds. The first-order chi connectivity index (χ1) is 8.17. The van der Waals surface area contributed by atoms with Gasteiger partial charge in [0, 0.05) is 6.54 Å². The molecule has 6 nitrogen and oxygen atoms in total. The van der Waals surface area contributed by atoms with Crippen molar-refractivity contribution in [1.82, 2.24) is 5.48 Å². The van der Waals surface area contributed by atoms with Crippen LogP contribution in [0.3, 0.4) is 0 Å². The molecule has 17 heavy (non-hydrogen) atoms. The average molecular weight is 237 g/mol. The average Bonchev–Trinajstić information content (AvgIpc) is 2.37. The summed E-state index contributed by atoms with van der Waals surface area (Å²) < 4.78 is 5.32. The second kappa shape index (κ2) is 4.70. The van der Waals surface area contributed by atoms with Gasteiger partial charge in [0.2, 0.25) is 0 Å². The smallest absolute Gasteiger partial charge is 0.265 e. The highest BCUT2D eigenvalue weighted by Crippen LogP contribution is 2.33. The molecule has 0 spiro atoms. The standard InChI is InChI=1S/C11H15N3O3/c1-2-14-8-5-7(11(12)13-16)3-4-9(8)17-6-10(14)15/h3-5,11,13,16H,2,6,12H2,1H3. The summed E-state index contributed by atoms with van der Waals surface area (Å²) >= 11 is 0. The van der Waals surface area contributed by atoms with Crippen molar-refractivity contribution in [3.8, 4) is 5.75 Å². The molecule has 1 atom stereocenters. The number of nitrogens with two attached hydrogens (primary N) is 1. The van der Waals surface area contributed by atoms with E-state index in [2.05, 4.69) is 0 Å². The van der Waals surface area contributed by atoms with Gasteiger partial charge in [-0.1, -0.05) is 6.07 Å². The van der Waals surface area contributed by atoms with Gasteiger partial charge in [-0.25, -0.2) is 0 Å². The maximum absolute atomic E-state index is 11.6. The Morgan fingerprint density at radius 2 is 2.41 bits per heavy atom. The van der Waals surface area contributed by atoms with Gasteiger partial charge in [-0.15, -0.1) is 0 Å². The van der Waals surface area contributed by atoms with Gasteiger partial charge in [-0.3, -0.25) is 4.79 Å². The second-order valence-corrected chi connectivity index (χ2v) is 3.76. The lowest BCUT2D eigenvalue weighted by Gasteiger charge is -2.29. The Labute approximate surface area is 98.9 Å². The number of anilines is 1. The number of amides is 1. The van der Waals surface area contributed by atoms with Crippen LogP contribution in [-0.4, -0.2) is 24.3 Å². The molecule has 1 heterocycles. The number of hydrogen-bond acceptors (Lipinski definition) is 5. The van der Waals surface area contributed by atoms with Crippen molar-refractivity contribution < 1.29 is 14.7 Å². The van der Waals surface area contributed by atoms with Crippen molar-refractivity contribution in [2.45, 2.75) is 13.1 Å². The van der Waals surface area contributed by atoms with Gasteiger partial charge >= 0.3 is 0 Å². The van der Waals surface area contributed by atoms with Crippen molar-refractivity contribution in [2.24, 2.45) is 5.73 Å². The molecule has 0 aromatic heterocycles. The molecule has 0 radical (unpaired) electrons. The lowest BCUT2D eigenvalue weighted by atomic mass is 10.1. The summed E-state index contributed by atoms with van der Waals surface area (Å²) in [5, 5.41) is 8.78. The molecule has 92 valence electrons. The zero-order valence-corrected chi connectivity index (χ0v) is 9.51. The lowest BCUT2D eigenvalue weighted by molar-refractivity contribution is -0.121. The highest BCUT2D eigenvalue weighted by Gasteiger charge is 2.24. The third-order valence-corrected chi connectivity index (χ3v) is 2.74. The predicted octanol–water partition coefficient (Wildman–Crippen LogP) is 0.368. The van der Waals surface area contributed by atoms with Gasteiger partial charge in [0.15, 0.2) is 6.61 Å². The van der Waals surface area contributed by atoms with Crippen LogP contribution in [0.4, 0.5) is 5.69 Å². The topological polar surface area (TPSA) is 87.8 Å². The van der Waals surface area contributed by atoms with Crippen LogP contribution in [0.25, 0.3) is 0 Å². The highest BCUT2D eigenvalue weighted by atomic mass is 16.5. The lowest BCUT2D eigenvalue weighted by Crippen LogP contribution is -2.38. The third kappa shape index (κ3) is 2.10. The Bertz CT molecular complexity index is 436. The maximum atomic E-state index is 11.6. The van der Waals surface area contributed by atoms with Crippen LogP contribution in [-0.2, 0) is 4.79 Å². The van der Waals surface area contributed by atoms with Crippen molar-refractivity contribution >= 4 is 11.6 Å². The van der Waals surface area contributed by atoms with E-state index < -0.39 is 6.17 Å². The molecular weight excluding hydrogens is 222 g/mol. The van der Waals surface area contributed by atoms with E-state index in [0.717, 1.165) is 0 Å². The van der Waals surface area contributed by atoms with Gasteiger partial charge in [-0.05, 0) is 24.6 Å². The van der Waals surface area contributed by atoms with Crippen molar-refractivity contribution in [3.63, 3.8) is 0 Å². The zero-order valence-electron chi connectivity index (χ0n) is 9.51. The molecule has 0 aliphatic carbocycles. The van der Waals surface area contributed by atoms with Gasteiger partial charge in [-0.2, -0.15) is 5.48 Å². The van der Waals surface area contributed by atoms with Gasteiger partial charge < -0.3 is 20.6 Å². The number of carbonyl (C=O) groups excluding carboxylic acids is 1. The summed E-state index contributed by atoms with van der Waals surface area (Å²) in [5.41, 5.74) is 8.98. The number of hydrogen-bond donors (Lipinski definition) is 3. The van der Waals surface area contributed by atoms with Crippen molar-refractivity contribution in [1.29, 1.82) is 0 Å². The highest BCUT2D eigenvalue weighted by molar-refractivity contribution is 5.97. The van der Waals surface area contributed by atoms with Crippen LogP contribution in [0.2, 0.25) is 0 Å². The predicted molar refractivity (Wildman–Crippen MR) is 61.8 cm³/mol. The molecule has 1 aliphatic heterocycles. The summed E-state index contributed by atoms with van der Waals surface area (Å²) in [6, 6.07) is 5.23. The molecule has 6 heteroatoms. The Kier molecular flexibility index (Phi) is 3.28. The van der Waals surface area contributed by atoms with Crippen LogP contribution < -0.4 is 20.9 Å². The number of rotatable bonds is 3. The maximum Gasteiger partial charge on any atom is 0.265 e. The minimum Gasteiger partial charge on any atom is -0.482 e. The first-order valence-corrected chi connectivity index (χ1v) is 5.39. The van der Waals surface area contributed by atoms with E-state index in [-0.39, 0.29) is 12.5 Å². The van der Waals surface area contributed by atoms with Crippen LogP contribution >= 0.6 is 0 Å². The molecule has 1 unspecified atom stereocenters. The molecular formula is C11H15N3O3. The fourth-order valence-electron chi connectivity index (χ4n) is 1.83. The summed E-state index contributed by atoms with van der Waals surface area (Å²) in [6.45, 7) is 2.52. The number of benzene rings is 1. The normalized spacial score (nSPS) is 16.4. The molecule has 1 aliphatic rings. The Morgan fingerprint density at radius 3 is 3.06 bits per heavy atom. The van der Waals surface area contributed by atoms with Crippen molar-refractivity contribution in [3.05, 3.63) is 23.8 Å². The fourth-order valence-corrected chi connectivity index (χ4v) is 1.83. The van der Waals surface area contributed by atoms with Gasteiger partial charge in [0.1, 0.15) is 11.9 Å². The number of nitrogens with zero attached hydrogens (tertiary/aromatic N) is 1. The van der Waals surface area contributed by atoms with E-state index in [1.165, 1.54) is 0 Å². The van der Waals surface area contributed by atoms with Crippen molar-refractivity contribution in [2.75, 3.05) is 18.1 Å². The van der Waals surface area contributed by atoms with Gasteiger partial charge in [0.05, 0.1) is 5.69 Å². The minimum atomic E-state index is -0.684. The molecule has 0 fully saturated rings. The first kappa shape index (κ1) is 11.8. The van der Waals surface area contributed by atoms with E-state index >= 15 is 0 Å². The number of likely N-dealkylation sites (N-methyl/N-ethyl adjacent to an activating group) is 1. The van der Waals surface area contributed by atoms with E-state index in [1.54, 1.807) is 23.1 Å². The second-order valence-electron chi connectivity index (χ2n) is 3.76. The third-order valence-electron chi connectivity index (χ3n) is 2.74. The summed E-state index contributed by atoms with van der Waals surface area (Å²) in [7, 11) is 0. The van der Waals surface area contributed by atoms with Crippen LogP contribution in [0, 0.1) is 0 Å². The molecule has 1 aromatic carbocycles. The molecule has 2 rings (SSSR count). The molecule has 1 aromatic rings. The monoisotopic (exact) mass is 237 g/mol. The van der Waals surface area contributed by atoms with Gasteiger partial charge in [0.25, 0.3) is 5.91 Å². The number of carbonyl (C=O) groups is 1. The largest absolute Gasteiger partial charge is 0.482 e. The van der Waals surface area contributed by atoms with Crippen LogP contribution in [0.1, 0.15) is 18.7 Å². The Balaban J connectivity index is 2.41. The quantitative estimate of drug-likeness (QED) is 0.522. The van der Waals surface area contributed by atoms with Crippen LogP contribution in [0.15, 0.2) is 18.2 Å². The molecule has 0 saturated carbocycles. The fraction of sp³-hybridized carbons (Fsp3) is 0.364. The summed E-state index contributed by atoms with van der Waals surface area (Å²) in [5.74, 6) is 0.572. The van der Waals surface area contributed by atoms with Crippen LogP contribution in [0.5, 0.6) is 5.75 Å². The Hall–Kier alpha value is -1.63. The first-order valence-electron chi connectivity index (χ1n) is 5.39. The SMILES string of the molecule is CCN1C(=O)COc2ccc(C(N)NO)cc21. The number of ether oxygens (including phenoxy) is 1. The molecule has 4 N–H and O–H groups in total. The minimum absolute atomic E-state index is 0.0600. The number of fused-ring (bicyclic) bond motifs is 1. The summed E-state index contributed by atoms with van der Waals surface area (Å²) in [6.07, 6.45) is -0.684. The van der Waals surface area contributed by atoms with E-state index in [9.17, 15) is 4.79 Å². The zero-order chi connectivity index (χ0) is 12.4. The van der Waals surface area contributed by atoms with E-state index in [1.807, 2.05) is 12.4 Å². The molecule has 0 saturated heterocycles. The van der Waals surface area contributed by atoms with E-state index in [4.69, 9.17) is 15.7 Å². The molecule has 0 bridgehead atoms. The summed E-state index contributed by atoms with van der Waals surface area (Å²) in [4.78, 5) is 13.3. The number of nitrogens with one attached hydrogen (secondary N) is 1. The number of hydroxylamine groups is 1. The Morgan fingerprint density at radius 1 is 1.65 bits per heavy atom.